The Hall–Kier alpha value is -1.37. The molecule has 1 aromatic rings. The normalized spacial score (nSPS) is 32.9. The molecule has 0 unspecified atom stereocenters. The second kappa shape index (κ2) is 3.82. The van der Waals surface area contributed by atoms with E-state index in [2.05, 4.69) is 31.2 Å². The zero-order valence-electron chi connectivity index (χ0n) is 11.5. The lowest BCUT2D eigenvalue weighted by atomic mass is 9.61. The molecule has 3 aliphatic rings. The Kier molecular flexibility index (Phi) is 2.30. The van der Waals surface area contributed by atoms with Gasteiger partial charge >= 0.3 is 0 Å². The van der Waals surface area contributed by atoms with Crippen molar-refractivity contribution in [1.82, 2.24) is 0 Å². The van der Waals surface area contributed by atoms with Crippen LogP contribution in [0.15, 0.2) is 29.8 Å². The van der Waals surface area contributed by atoms with Gasteiger partial charge in [0.2, 0.25) is 0 Å². The molecule has 0 amide bonds. The van der Waals surface area contributed by atoms with Crippen molar-refractivity contribution in [2.75, 3.05) is 0 Å². The maximum atomic E-state index is 12.5. The number of benzene rings is 1. The number of aryl methyl sites for hydroxylation is 1. The van der Waals surface area contributed by atoms with E-state index in [1.54, 1.807) is 0 Å². The summed E-state index contributed by atoms with van der Waals surface area (Å²) in [5.41, 5.74) is 5.79. The van der Waals surface area contributed by atoms with Crippen molar-refractivity contribution in [2.45, 2.75) is 45.4 Å². The van der Waals surface area contributed by atoms with E-state index in [1.807, 2.05) is 0 Å². The molecule has 2 atom stereocenters. The number of carbonyl (C=O) groups is 1. The summed E-state index contributed by atoms with van der Waals surface area (Å²) in [5.74, 6) is 1.12. The summed E-state index contributed by atoms with van der Waals surface area (Å²) in [6, 6.07) is 8.79. The molecular weight excluding hydrogens is 232 g/mol. The predicted octanol–water partition coefficient (Wildman–Crippen LogP) is 4.17. The first-order valence-electron chi connectivity index (χ1n) is 7.55. The summed E-state index contributed by atoms with van der Waals surface area (Å²) >= 11 is 0. The SMILES string of the molecule is C[C@]12C(=O)CC[C@H]1CCC1=C2CCc2ccccc21. The lowest BCUT2D eigenvalue weighted by Gasteiger charge is -2.42. The van der Waals surface area contributed by atoms with E-state index in [9.17, 15) is 4.79 Å². The molecule has 4 rings (SSSR count). The Morgan fingerprint density at radius 1 is 1.05 bits per heavy atom. The van der Waals surface area contributed by atoms with Gasteiger partial charge < -0.3 is 0 Å². The van der Waals surface area contributed by atoms with Gasteiger partial charge in [0.25, 0.3) is 0 Å². The summed E-state index contributed by atoms with van der Waals surface area (Å²) < 4.78 is 0. The number of allylic oxidation sites excluding steroid dienone is 2. The number of Topliss-reactive ketones (excluding diaryl/α,β-unsaturated/α-hetero) is 1. The minimum absolute atomic E-state index is 0.124. The zero-order valence-corrected chi connectivity index (χ0v) is 11.5. The highest BCUT2D eigenvalue weighted by molar-refractivity contribution is 5.94. The number of hydrogen-bond donors (Lipinski definition) is 0. The Balaban J connectivity index is 1.92. The van der Waals surface area contributed by atoms with Crippen LogP contribution in [0, 0.1) is 11.3 Å². The van der Waals surface area contributed by atoms with E-state index in [1.165, 1.54) is 35.1 Å². The summed E-state index contributed by atoms with van der Waals surface area (Å²) in [6.07, 6.45) is 6.53. The molecule has 0 saturated heterocycles. The van der Waals surface area contributed by atoms with Crippen LogP contribution in [0.2, 0.25) is 0 Å². The second-order valence-corrected chi connectivity index (χ2v) is 6.51. The highest BCUT2D eigenvalue weighted by Gasteiger charge is 2.51. The first-order chi connectivity index (χ1) is 9.21. The van der Waals surface area contributed by atoms with Crippen molar-refractivity contribution in [2.24, 2.45) is 11.3 Å². The van der Waals surface area contributed by atoms with Crippen LogP contribution in [-0.2, 0) is 11.2 Å². The van der Waals surface area contributed by atoms with E-state index < -0.39 is 0 Å². The monoisotopic (exact) mass is 252 g/mol. The third-order valence-electron chi connectivity index (χ3n) is 5.84. The molecule has 0 bridgehead atoms. The van der Waals surface area contributed by atoms with E-state index in [0.717, 1.165) is 25.7 Å². The van der Waals surface area contributed by atoms with E-state index in [-0.39, 0.29) is 5.41 Å². The van der Waals surface area contributed by atoms with Crippen molar-refractivity contribution in [3.05, 3.63) is 41.0 Å². The molecule has 1 heteroatoms. The number of hydrogen-bond acceptors (Lipinski definition) is 1. The van der Waals surface area contributed by atoms with Gasteiger partial charge in [-0.15, -0.1) is 0 Å². The average molecular weight is 252 g/mol. The van der Waals surface area contributed by atoms with Crippen molar-refractivity contribution >= 4 is 11.4 Å². The van der Waals surface area contributed by atoms with Gasteiger partial charge in [-0.1, -0.05) is 29.8 Å². The number of fused-ring (bicyclic) bond motifs is 4. The molecule has 0 spiro atoms. The molecule has 3 aliphatic carbocycles. The lowest BCUT2D eigenvalue weighted by Crippen LogP contribution is -2.36. The van der Waals surface area contributed by atoms with Gasteiger partial charge in [-0.2, -0.15) is 0 Å². The maximum Gasteiger partial charge on any atom is 0.143 e. The van der Waals surface area contributed by atoms with Gasteiger partial charge in [0.15, 0.2) is 0 Å². The smallest absolute Gasteiger partial charge is 0.143 e. The fourth-order valence-electron chi connectivity index (χ4n) is 4.71. The molecule has 0 heterocycles. The van der Waals surface area contributed by atoms with Gasteiger partial charge in [-0.3, -0.25) is 4.79 Å². The molecule has 0 radical (unpaired) electrons. The van der Waals surface area contributed by atoms with Crippen LogP contribution in [0.25, 0.3) is 5.57 Å². The Morgan fingerprint density at radius 3 is 2.74 bits per heavy atom. The maximum absolute atomic E-state index is 12.5. The molecule has 1 aromatic carbocycles. The largest absolute Gasteiger partial charge is 0.299 e. The van der Waals surface area contributed by atoms with Crippen molar-refractivity contribution in [1.29, 1.82) is 0 Å². The zero-order chi connectivity index (χ0) is 13.0. The number of ketones is 1. The fourth-order valence-corrected chi connectivity index (χ4v) is 4.71. The molecule has 98 valence electrons. The fraction of sp³-hybridized carbons (Fsp3) is 0.500. The van der Waals surface area contributed by atoms with E-state index in [4.69, 9.17) is 0 Å². The Morgan fingerprint density at radius 2 is 1.84 bits per heavy atom. The third-order valence-corrected chi connectivity index (χ3v) is 5.84. The van der Waals surface area contributed by atoms with Crippen LogP contribution in [-0.4, -0.2) is 5.78 Å². The minimum atomic E-state index is -0.124. The third kappa shape index (κ3) is 1.39. The molecule has 0 aliphatic heterocycles. The molecule has 1 saturated carbocycles. The second-order valence-electron chi connectivity index (χ2n) is 6.51. The highest BCUT2D eigenvalue weighted by atomic mass is 16.1. The van der Waals surface area contributed by atoms with Crippen LogP contribution < -0.4 is 0 Å². The first kappa shape index (κ1) is 11.5. The van der Waals surface area contributed by atoms with Crippen molar-refractivity contribution < 1.29 is 4.79 Å². The van der Waals surface area contributed by atoms with Crippen LogP contribution in [0.3, 0.4) is 0 Å². The summed E-state index contributed by atoms with van der Waals surface area (Å²) in [4.78, 5) is 12.5. The van der Waals surface area contributed by atoms with Gasteiger partial charge in [0.1, 0.15) is 5.78 Å². The number of rotatable bonds is 0. The molecule has 0 N–H and O–H groups in total. The van der Waals surface area contributed by atoms with Gasteiger partial charge in [-0.05, 0) is 61.6 Å². The molecule has 1 nitrogen and oxygen atoms in total. The van der Waals surface area contributed by atoms with Gasteiger partial charge in [0, 0.05) is 6.42 Å². The van der Waals surface area contributed by atoms with E-state index >= 15 is 0 Å². The van der Waals surface area contributed by atoms with Crippen LogP contribution in [0.5, 0.6) is 0 Å². The first-order valence-corrected chi connectivity index (χ1v) is 7.55. The summed E-state index contributed by atoms with van der Waals surface area (Å²) in [5, 5.41) is 0. The van der Waals surface area contributed by atoms with Crippen LogP contribution in [0.4, 0.5) is 0 Å². The summed E-state index contributed by atoms with van der Waals surface area (Å²) in [6.45, 7) is 2.23. The lowest BCUT2D eigenvalue weighted by molar-refractivity contribution is -0.124. The van der Waals surface area contributed by atoms with Gasteiger partial charge in [-0.25, -0.2) is 0 Å². The standard InChI is InChI=1S/C18H20O/c1-18-13(8-11-17(18)19)7-9-15-14-5-3-2-4-12(14)6-10-16(15)18/h2-5,13H,6-11H2,1H3/t13-,18+/m1/s1. The average Bonchev–Trinajstić information content (AvgIpc) is 2.75. The Labute approximate surface area is 114 Å². The van der Waals surface area contributed by atoms with Crippen molar-refractivity contribution in [3.63, 3.8) is 0 Å². The molecule has 19 heavy (non-hydrogen) atoms. The van der Waals surface area contributed by atoms with Crippen LogP contribution >= 0.6 is 0 Å². The quantitative estimate of drug-likeness (QED) is 0.677. The molecule has 1 fully saturated rings. The van der Waals surface area contributed by atoms with Crippen molar-refractivity contribution in [3.8, 4) is 0 Å². The molecule has 0 aromatic heterocycles. The Bertz CT molecular complexity index is 595. The van der Waals surface area contributed by atoms with Gasteiger partial charge in [0.05, 0.1) is 5.41 Å². The number of carbonyl (C=O) groups excluding carboxylic acids is 1. The predicted molar refractivity (Wildman–Crippen MR) is 76.8 cm³/mol. The van der Waals surface area contributed by atoms with Crippen LogP contribution in [0.1, 0.15) is 50.2 Å². The molecular formula is C18H20O. The topological polar surface area (TPSA) is 17.1 Å². The van der Waals surface area contributed by atoms with E-state index in [0.29, 0.717) is 11.7 Å². The highest BCUT2D eigenvalue weighted by Crippen LogP contribution is 2.57. The minimum Gasteiger partial charge on any atom is -0.299 e. The summed E-state index contributed by atoms with van der Waals surface area (Å²) in [7, 11) is 0.